The van der Waals surface area contributed by atoms with Gasteiger partial charge in [0.25, 0.3) is 0 Å². The van der Waals surface area contributed by atoms with Gasteiger partial charge in [-0.25, -0.2) is 4.98 Å². The number of imidazole rings is 1. The Morgan fingerprint density at radius 2 is 2.43 bits per heavy atom. The van der Waals surface area contributed by atoms with Crippen LogP contribution in [-0.4, -0.2) is 21.1 Å². The summed E-state index contributed by atoms with van der Waals surface area (Å²) in [5.74, 6) is 0. The standard InChI is InChI=1S/C9H12N4S/c10-2-1-3-13-5-8(12-6-13)9-4-11-7-14-9/h4-7H,1-3,10H2. The second-order valence-corrected chi connectivity index (χ2v) is 3.89. The first kappa shape index (κ1) is 9.36. The zero-order valence-electron chi connectivity index (χ0n) is 7.76. The van der Waals surface area contributed by atoms with E-state index in [1.54, 1.807) is 11.3 Å². The lowest BCUT2D eigenvalue weighted by Gasteiger charge is -1.97. The number of nitrogens with two attached hydrogens (primary N) is 1. The molecular weight excluding hydrogens is 196 g/mol. The molecule has 0 fully saturated rings. The smallest absolute Gasteiger partial charge is 0.0998 e. The number of hydrogen-bond donors (Lipinski definition) is 1. The minimum atomic E-state index is 0.716. The maximum Gasteiger partial charge on any atom is 0.0998 e. The fourth-order valence-electron chi connectivity index (χ4n) is 1.23. The maximum atomic E-state index is 5.44. The predicted molar refractivity (Wildman–Crippen MR) is 57.0 cm³/mol. The fraction of sp³-hybridized carbons (Fsp3) is 0.333. The molecule has 0 aromatic carbocycles. The van der Waals surface area contributed by atoms with Gasteiger partial charge in [-0.05, 0) is 13.0 Å². The van der Waals surface area contributed by atoms with Crippen molar-refractivity contribution >= 4 is 11.3 Å². The predicted octanol–water partition coefficient (Wildman–Crippen LogP) is 1.36. The molecule has 14 heavy (non-hydrogen) atoms. The fourth-order valence-corrected chi connectivity index (χ4v) is 1.81. The zero-order valence-corrected chi connectivity index (χ0v) is 8.57. The molecule has 0 bridgehead atoms. The number of nitrogens with zero attached hydrogens (tertiary/aromatic N) is 3. The summed E-state index contributed by atoms with van der Waals surface area (Å²) in [6.45, 7) is 1.65. The quantitative estimate of drug-likeness (QED) is 0.825. The minimum Gasteiger partial charge on any atom is -0.337 e. The Labute approximate surface area is 86.4 Å². The van der Waals surface area contributed by atoms with E-state index in [1.165, 1.54) is 0 Å². The van der Waals surface area contributed by atoms with Crippen LogP contribution in [0.1, 0.15) is 6.42 Å². The highest BCUT2D eigenvalue weighted by molar-refractivity contribution is 7.13. The highest BCUT2D eigenvalue weighted by Gasteiger charge is 2.02. The van der Waals surface area contributed by atoms with Crippen molar-refractivity contribution in [2.75, 3.05) is 6.54 Å². The number of thiazole rings is 1. The van der Waals surface area contributed by atoms with Crippen LogP contribution in [0.4, 0.5) is 0 Å². The van der Waals surface area contributed by atoms with Crippen molar-refractivity contribution in [1.82, 2.24) is 14.5 Å². The van der Waals surface area contributed by atoms with Crippen LogP contribution in [0.5, 0.6) is 0 Å². The van der Waals surface area contributed by atoms with Crippen LogP contribution in [0.2, 0.25) is 0 Å². The van der Waals surface area contributed by atoms with Crippen molar-refractivity contribution < 1.29 is 0 Å². The highest BCUT2D eigenvalue weighted by Crippen LogP contribution is 2.20. The first-order valence-electron chi connectivity index (χ1n) is 4.51. The molecule has 74 valence electrons. The van der Waals surface area contributed by atoms with Gasteiger partial charge in [0.05, 0.1) is 22.4 Å². The van der Waals surface area contributed by atoms with Crippen LogP contribution in [-0.2, 0) is 6.54 Å². The van der Waals surface area contributed by atoms with E-state index in [9.17, 15) is 0 Å². The van der Waals surface area contributed by atoms with Crippen LogP contribution < -0.4 is 5.73 Å². The Bertz CT molecular complexity index is 379. The van der Waals surface area contributed by atoms with Gasteiger partial charge in [-0.1, -0.05) is 0 Å². The van der Waals surface area contributed by atoms with Gasteiger partial charge in [0.15, 0.2) is 0 Å². The van der Waals surface area contributed by atoms with Crippen molar-refractivity contribution in [3.05, 3.63) is 24.2 Å². The molecule has 4 nitrogen and oxygen atoms in total. The van der Waals surface area contributed by atoms with Crippen LogP contribution in [0, 0.1) is 0 Å². The number of hydrogen-bond acceptors (Lipinski definition) is 4. The van der Waals surface area contributed by atoms with Crippen molar-refractivity contribution in [3.8, 4) is 10.6 Å². The lowest BCUT2D eigenvalue weighted by Crippen LogP contribution is -2.03. The molecule has 0 amide bonds. The molecule has 0 aliphatic carbocycles. The van der Waals surface area contributed by atoms with Gasteiger partial charge >= 0.3 is 0 Å². The molecule has 0 aliphatic heterocycles. The molecule has 2 N–H and O–H groups in total. The minimum absolute atomic E-state index is 0.716. The Morgan fingerprint density at radius 3 is 3.14 bits per heavy atom. The Morgan fingerprint density at radius 1 is 1.50 bits per heavy atom. The van der Waals surface area contributed by atoms with E-state index in [4.69, 9.17) is 5.73 Å². The van der Waals surface area contributed by atoms with Gasteiger partial charge < -0.3 is 10.3 Å². The molecule has 0 aliphatic rings. The SMILES string of the molecule is NCCCn1cnc(-c2cncs2)c1. The van der Waals surface area contributed by atoms with E-state index in [-0.39, 0.29) is 0 Å². The monoisotopic (exact) mass is 208 g/mol. The second-order valence-electron chi connectivity index (χ2n) is 3.00. The first-order chi connectivity index (χ1) is 6.90. The summed E-state index contributed by atoms with van der Waals surface area (Å²) < 4.78 is 2.06. The Kier molecular flexibility index (Phi) is 2.90. The van der Waals surface area contributed by atoms with E-state index in [0.717, 1.165) is 23.5 Å². The van der Waals surface area contributed by atoms with Gasteiger partial charge in [-0.3, -0.25) is 4.98 Å². The molecule has 0 unspecified atom stereocenters. The average molecular weight is 208 g/mol. The van der Waals surface area contributed by atoms with Crippen LogP contribution in [0.15, 0.2) is 24.2 Å². The summed E-state index contributed by atoms with van der Waals surface area (Å²) in [7, 11) is 0. The van der Waals surface area contributed by atoms with Gasteiger partial charge in [-0.2, -0.15) is 0 Å². The van der Waals surface area contributed by atoms with Gasteiger partial charge in [-0.15, -0.1) is 11.3 Å². The molecule has 0 atom stereocenters. The van der Waals surface area contributed by atoms with Crippen LogP contribution in [0.3, 0.4) is 0 Å². The summed E-state index contributed by atoms with van der Waals surface area (Å²) in [5.41, 5.74) is 8.24. The lowest BCUT2D eigenvalue weighted by molar-refractivity contribution is 0.650. The Balaban J connectivity index is 2.10. The number of rotatable bonds is 4. The summed E-state index contributed by atoms with van der Waals surface area (Å²) in [4.78, 5) is 9.43. The molecular formula is C9H12N4S. The molecule has 0 radical (unpaired) electrons. The van der Waals surface area contributed by atoms with E-state index >= 15 is 0 Å². The molecule has 0 saturated carbocycles. The highest BCUT2D eigenvalue weighted by atomic mass is 32.1. The molecule has 5 heteroatoms. The van der Waals surface area contributed by atoms with Crippen molar-refractivity contribution in [1.29, 1.82) is 0 Å². The van der Waals surface area contributed by atoms with Gasteiger partial charge in [0, 0.05) is 18.9 Å². The molecule has 2 rings (SSSR count). The molecule has 2 heterocycles. The third kappa shape index (κ3) is 2.00. The topological polar surface area (TPSA) is 56.7 Å². The molecule has 2 aromatic heterocycles. The van der Waals surface area contributed by atoms with Crippen LogP contribution in [0.25, 0.3) is 10.6 Å². The molecule has 0 spiro atoms. The van der Waals surface area contributed by atoms with Gasteiger partial charge in [0.1, 0.15) is 0 Å². The van der Waals surface area contributed by atoms with E-state index in [1.807, 2.05) is 24.2 Å². The summed E-state index contributed by atoms with van der Waals surface area (Å²) in [6, 6.07) is 0. The Hall–Kier alpha value is -1.20. The van der Waals surface area contributed by atoms with E-state index < -0.39 is 0 Å². The largest absolute Gasteiger partial charge is 0.337 e. The van der Waals surface area contributed by atoms with Crippen molar-refractivity contribution in [3.63, 3.8) is 0 Å². The average Bonchev–Trinajstić information content (AvgIpc) is 2.85. The third-order valence-corrected chi connectivity index (χ3v) is 2.73. The summed E-state index contributed by atoms with van der Waals surface area (Å²) >= 11 is 1.60. The normalized spacial score (nSPS) is 10.6. The zero-order chi connectivity index (χ0) is 9.80. The molecule has 0 saturated heterocycles. The number of aromatic nitrogens is 3. The van der Waals surface area contributed by atoms with Crippen molar-refractivity contribution in [2.45, 2.75) is 13.0 Å². The second kappa shape index (κ2) is 4.34. The van der Waals surface area contributed by atoms with E-state index in [2.05, 4.69) is 14.5 Å². The first-order valence-corrected chi connectivity index (χ1v) is 5.39. The van der Waals surface area contributed by atoms with E-state index in [0.29, 0.717) is 6.54 Å². The summed E-state index contributed by atoms with van der Waals surface area (Å²) in [6.07, 6.45) is 6.69. The summed E-state index contributed by atoms with van der Waals surface area (Å²) in [5, 5.41) is 0. The number of aryl methyl sites for hydroxylation is 1. The third-order valence-electron chi connectivity index (χ3n) is 1.94. The van der Waals surface area contributed by atoms with Gasteiger partial charge in [0.2, 0.25) is 0 Å². The maximum absolute atomic E-state index is 5.44. The lowest BCUT2D eigenvalue weighted by atomic mass is 10.4. The van der Waals surface area contributed by atoms with Crippen LogP contribution >= 0.6 is 11.3 Å². The molecule has 2 aromatic rings. The van der Waals surface area contributed by atoms with Crippen molar-refractivity contribution in [2.24, 2.45) is 5.73 Å².